The van der Waals surface area contributed by atoms with Crippen LogP contribution in [0.2, 0.25) is 0 Å². The first-order valence-electron chi connectivity index (χ1n) is 5.69. The lowest BCUT2D eigenvalue weighted by Crippen LogP contribution is -2.02. The van der Waals surface area contributed by atoms with Crippen LogP contribution in [0.25, 0.3) is 11.0 Å². The first-order valence-corrected chi connectivity index (χ1v) is 5.69. The molecule has 0 fully saturated rings. The van der Waals surface area contributed by atoms with Crippen molar-refractivity contribution in [3.63, 3.8) is 0 Å². The van der Waals surface area contributed by atoms with Gasteiger partial charge in [0.1, 0.15) is 17.8 Å². The van der Waals surface area contributed by atoms with E-state index < -0.39 is 0 Å². The van der Waals surface area contributed by atoms with Gasteiger partial charge in [-0.05, 0) is 23.8 Å². The van der Waals surface area contributed by atoms with Crippen LogP contribution in [-0.2, 0) is 6.54 Å². The molecule has 0 aliphatic rings. The van der Waals surface area contributed by atoms with Crippen LogP contribution in [0, 0.1) is 0 Å². The number of nitrogens with two attached hydrogens (primary N) is 1. The van der Waals surface area contributed by atoms with Crippen LogP contribution in [0.5, 0.6) is 0 Å². The molecule has 0 aliphatic heterocycles. The van der Waals surface area contributed by atoms with Crippen molar-refractivity contribution in [1.82, 2.24) is 15.0 Å². The summed E-state index contributed by atoms with van der Waals surface area (Å²) in [5.74, 6) is 0.832. The van der Waals surface area contributed by atoms with E-state index in [0.717, 1.165) is 28.1 Å². The molecule has 1 aromatic carbocycles. The van der Waals surface area contributed by atoms with Gasteiger partial charge in [0.2, 0.25) is 0 Å². The number of nitrogens with zero attached hydrogens (tertiary/aromatic N) is 2. The lowest BCUT2D eigenvalue weighted by atomic mass is 10.2. The summed E-state index contributed by atoms with van der Waals surface area (Å²) in [6, 6.07) is 9.74. The van der Waals surface area contributed by atoms with Crippen LogP contribution < -0.4 is 11.1 Å². The van der Waals surface area contributed by atoms with Gasteiger partial charge in [-0.2, -0.15) is 0 Å². The number of nitrogen functional groups attached to an aromatic ring is 1. The molecule has 90 valence electrons. The minimum absolute atomic E-state index is 0.706. The van der Waals surface area contributed by atoms with Crippen molar-refractivity contribution >= 4 is 22.5 Å². The highest BCUT2D eigenvalue weighted by molar-refractivity contribution is 5.86. The van der Waals surface area contributed by atoms with E-state index in [1.807, 2.05) is 36.5 Å². The molecule has 2 aromatic heterocycles. The van der Waals surface area contributed by atoms with Gasteiger partial charge in [0.05, 0.1) is 5.39 Å². The van der Waals surface area contributed by atoms with Gasteiger partial charge in [-0.25, -0.2) is 9.97 Å². The Morgan fingerprint density at radius 2 is 1.94 bits per heavy atom. The predicted octanol–water partition coefficient (Wildman–Crippen LogP) is 2.15. The number of H-pyrrole nitrogens is 1. The zero-order valence-corrected chi connectivity index (χ0v) is 9.72. The van der Waals surface area contributed by atoms with Crippen molar-refractivity contribution < 1.29 is 0 Å². The molecule has 0 amide bonds. The van der Waals surface area contributed by atoms with Crippen molar-refractivity contribution in [3.8, 4) is 0 Å². The number of fused-ring (bicyclic) bond motifs is 1. The smallest absolute Gasteiger partial charge is 0.142 e. The second-order valence-electron chi connectivity index (χ2n) is 4.06. The molecule has 18 heavy (non-hydrogen) atoms. The first-order chi connectivity index (χ1) is 8.83. The average molecular weight is 239 g/mol. The predicted molar refractivity (Wildman–Crippen MR) is 72.1 cm³/mol. The number of hydrogen-bond acceptors (Lipinski definition) is 4. The van der Waals surface area contributed by atoms with Crippen LogP contribution in [0.15, 0.2) is 42.9 Å². The minimum atomic E-state index is 0.706. The molecular weight excluding hydrogens is 226 g/mol. The standard InChI is InChI=1S/C13H13N5/c14-10-3-1-9(2-4-10)7-16-13-11-5-6-15-12(11)17-8-18-13/h1-6,8H,7,14H2,(H2,15,16,17,18). The van der Waals surface area contributed by atoms with Crippen molar-refractivity contribution in [3.05, 3.63) is 48.4 Å². The second kappa shape index (κ2) is 4.37. The summed E-state index contributed by atoms with van der Waals surface area (Å²) in [6.45, 7) is 0.706. The van der Waals surface area contributed by atoms with Crippen molar-refractivity contribution in [2.75, 3.05) is 11.1 Å². The van der Waals surface area contributed by atoms with Gasteiger partial charge in [-0.15, -0.1) is 0 Å². The van der Waals surface area contributed by atoms with Crippen molar-refractivity contribution in [1.29, 1.82) is 0 Å². The molecule has 0 saturated heterocycles. The third-order valence-electron chi connectivity index (χ3n) is 2.79. The van der Waals surface area contributed by atoms with Crippen LogP contribution in [-0.4, -0.2) is 15.0 Å². The number of aromatic amines is 1. The van der Waals surface area contributed by atoms with Gasteiger partial charge in [0.15, 0.2) is 0 Å². The van der Waals surface area contributed by atoms with Gasteiger partial charge in [0.25, 0.3) is 0 Å². The average Bonchev–Trinajstić information content (AvgIpc) is 2.87. The number of nitrogens with one attached hydrogen (secondary N) is 2. The summed E-state index contributed by atoms with van der Waals surface area (Å²) >= 11 is 0. The largest absolute Gasteiger partial charge is 0.399 e. The molecule has 3 rings (SSSR count). The number of benzene rings is 1. The Labute approximate surface area is 104 Å². The summed E-state index contributed by atoms with van der Waals surface area (Å²) in [4.78, 5) is 11.4. The molecular formula is C13H13N5. The summed E-state index contributed by atoms with van der Waals surface area (Å²) in [5, 5.41) is 4.29. The Hall–Kier alpha value is -2.56. The highest BCUT2D eigenvalue weighted by Gasteiger charge is 2.03. The number of hydrogen-bond donors (Lipinski definition) is 3. The Morgan fingerprint density at radius 3 is 2.78 bits per heavy atom. The van der Waals surface area contributed by atoms with Gasteiger partial charge in [-0.3, -0.25) is 0 Å². The fourth-order valence-electron chi connectivity index (χ4n) is 1.83. The van der Waals surface area contributed by atoms with E-state index in [2.05, 4.69) is 20.3 Å². The number of rotatable bonds is 3. The zero-order chi connectivity index (χ0) is 12.4. The van der Waals surface area contributed by atoms with Gasteiger partial charge in [-0.1, -0.05) is 12.1 Å². The first kappa shape index (κ1) is 10.6. The molecule has 0 unspecified atom stereocenters. The monoisotopic (exact) mass is 239 g/mol. The molecule has 0 aliphatic carbocycles. The van der Waals surface area contributed by atoms with E-state index in [9.17, 15) is 0 Å². The molecule has 0 bridgehead atoms. The van der Waals surface area contributed by atoms with Crippen molar-refractivity contribution in [2.24, 2.45) is 0 Å². The zero-order valence-electron chi connectivity index (χ0n) is 9.72. The topological polar surface area (TPSA) is 79.6 Å². The Balaban J connectivity index is 1.80. The summed E-state index contributed by atoms with van der Waals surface area (Å²) in [7, 11) is 0. The molecule has 0 spiro atoms. The van der Waals surface area contributed by atoms with Crippen LogP contribution in [0.3, 0.4) is 0 Å². The summed E-state index contributed by atoms with van der Waals surface area (Å²) in [6.07, 6.45) is 3.40. The highest BCUT2D eigenvalue weighted by Crippen LogP contribution is 2.18. The van der Waals surface area contributed by atoms with Gasteiger partial charge < -0.3 is 16.0 Å². The van der Waals surface area contributed by atoms with E-state index in [1.54, 1.807) is 6.33 Å². The molecule has 0 radical (unpaired) electrons. The summed E-state index contributed by atoms with van der Waals surface area (Å²) in [5.41, 5.74) is 8.42. The molecule has 2 heterocycles. The lowest BCUT2D eigenvalue weighted by Gasteiger charge is -2.06. The fourth-order valence-corrected chi connectivity index (χ4v) is 1.83. The highest BCUT2D eigenvalue weighted by atomic mass is 15.0. The van der Waals surface area contributed by atoms with Crippen molar-refractivity contribution in [2.45, 2.75) is 6.54 Å². The molecule has 0 atom stereocenters. The van der Waals surface area contributed by atoms with E-state index in [1.165, 1.54) is 0 Å². The third kappa shape index (κ3) is 1.98. The Morgan fingerprint density at radius 1 is 1.11 bits per heavy atom. The van der Waals surface area contributed by atoms with E-state index in [-0.39, 0.29) is 0 Å². The van der Waals surface area contributed by atoms with Crippen LogP contribution >= 0.6 is 0 Å². The SMILES string of the molecule is Nc1ccc(CNc2ncnc3[nH]ccc23)cc1. The molecule has 5 nitrogen and oxygen atoms in total. The van der Waals surface area contributed by atoms with E-state index in [4.69, 9.17) is 5.73 Å². The Kier molecular flexibility index (Phi) is 2.57. The molecule has 5 heteroatoms. The van der Waals surface area contributed by atoms with E-state index in [0.29, 0.717) is 6.54 Å². The van der Waals surface area contributed by atoms with Crippen LogP contribution in [0.1, 0.15) is 5.56 Å². The van der Waals surface area contributed by atoms with E-state index >= 15 is 0 Å². The minimum Gasteiger partial charge on any atom is -0.399 e. The third-order valence-corrected chi connectivity index (χ3v) is 2.79. The second-order valence-corrected chi connectivity index (χ2v) is 4.06. The number of anilines is 2. The molecule has 3 aromatic rings. The lowest BCUT2D eigenvalue weighted by molar-refractivity contribution is 1.10. The fraction of sp³-hybridized carbons (Fsp3) is 0.0769. The normalized spacial score (nSPS) is 10.7. The van der Waals surface area contributed by atoms with Gasteiger partial charge in [0, 0.05) is 18.4 Å². The van der Waals surface area contributed by atoms with Crippen LogP contribution in [0.4, 0.5) is 11.5 Å². The maximum atomic E-state index is 5.65. The maximum absolute atomic E-state index is 5.65. The maximum Gasteiger partial charge on any atom is 0.142 e. The quantitative estimate of drug-likeness (QED) is 0.612. The summed E-state index contributed by atoms with van der Waals surface area (Å²) < 4.78 is 0. The Bertz CT molecular complexity index is 656. The van der Waals surface area contributed by atoms with Gasteiger partial charge >= 0.3 is 0 Å². The number of aromatic nitrogens is 3. The molecule has 0 saturated carbocycles. The molecule has 4 N–H and O–H groups in total.